The van der Waals surface area contributed by atoms with E-state index in [-0.39, 0.29) is 10.8 Å². The third kappa shape index (κ3) is 1.29. The predicted molar refractivity (Wildman–Crippen MR) is 53.1 cm³/mol. The van der Waals surface area contributed by atoms with E-state index in [0.717, 1.165) is 0 Å². The molecule has 0 N–H and O–H groups in total. The number of halogens is 2. The van der Waals surface area contributed by atoms with Crippen molar-refractivity contribution in [3.8, 4) is 0 Å². The molecule has 0 aromatic heterocycles. The largest absolute Gasteiger partial charge is 0.288 e. The zero-order chi connectivity index (χ0) is 9.73. The van der Waals surface area contributed by atoms with Gasteiger partial charge in [0.1, 0.15) is 0 Å². The minimum atomic E-state index is -0.450. The van der Waals surface area contributed by atoms with E-state index in [1.807, 2.05) is 27.7 Å². The molecule has 68 valence electrons. The topological polar surface area (TPSA) is 17.1 Å². The molecule has 0 aliphatic carbocycles. The number of alkyl halides is 1. The fraction of sp³-hybridized carbons (Fsp3) is 0.667. The smallest absolute Gasteiger partial charge is 0.203 e. The summed E-state index contributed by atoms with van der Waals surface area (Å²) in [4.78, 5) is 10.6. The minimum absolute atomic E-state index is 0.0320. The molecule has 1 aromatic carbocycles. The lowest BCUT2D eigenvalue weighted by Crippen LogP contribution is -2.37. The van der Waals surface area contributed by atoms with Gasteiger partial charge in [0.05, 0.1) is 5.02 Å². The monoisotopic (exact) mass is 206 g/mol. The van der Waals surface area contributed by atoms with Crippen molar-refractivity contribution in [3.05, 3.63) is 20.8 Å². The molecule has 0 spiro atoms. The van der Waals surface area contributed by atoms with Crippen LogP contribution in [-0.2, 0) is 5.41 Å². The first-order chi connectivity index (χ1) is 5.19. The van der Waals surface area contributed by atoms with Crippen molar-refractivity contribution in [1.29, 1.82) is 0 Å². The summed E-state index contributed by atoms with van der Waals surface area (Å²) in [7, 11) is 0. The van der Waals surface area contributed by atoms with Crippen LogP contribution in [0, 0.1) is 0 Å². The molecule has 0 aliphatic rings. The van der Waals surface area contributed by atoms with Crippen LogP contribution in [0.2, 0.25) is 5.02 Å². The fourth-order valence-electron chi connectivity index (χ4n) is 1.00. The summed E-state index contributed by atoms with van der Waals surface area (Å²) in [5.74, 6) is 0. The first-order valence-corrected chi connectivity index (χ1v) is 4.59. The molecule has 0 fully saturated rings. The molecule has 0 radical (unpaired) electrons. The third-order valence-corrected chi connectivity index (χ3v) is 3.53. The van der Waals surface area contributed by atoms with Crippen molar-refractivity contribution in [1.82, 2.24) is 0 Å². The average Bonchev–Trinajstić information content (AvgIpc) is 2.38. The highest BCUT2D eigenvalue weighted by Gasteiger charge is 2.44. The van der Waals surface area contributed by atoms with Crippen LogP contribution in [0.4, 0.5) is 0 Å². The maximum atomic E-state index is 11.0. The van der Waals surface area contributed by atoms with Gasteiger partial charge in [0, 0.05) is 15.9 Å². The van der Waals surface area contributed by atoms with E-state index in [4.69, 9.17) is 23.2 Å². The Morgan fingerprint density at radius 3 is 1.58 bits per heavy atom. The van der Waals surface area contributed by atoms with Crippen molar-refractivity contribution in [2.45, 2.75) is 38.0 Å². The van der Waals surface area contributed by atoms with Crippen LogP contribution in [0.25, 0.3) is 0 Å². The van der Waals surface area contributed by atoms with Crippen LogP contribution in [0.15, 0.2) is 4.79 Å². The molecule has 0 bridgehead atoms. The lowest BCUT2D eigenvalue weighted by atomic mass is 9.78. The highest BCUT2D eigenvalue weighted by molar-refractivity contribution is 6.34. The molecule has 12 heavy (non-hydrogen) atoms. The van der Waals surface area contributed by atoms with Gasteiger partial charge in [0.2, 0.25) is 5.43 Å². The molecule has 0 unspecified atom stereocenters. The van der Waals surface area contributed by atoms with Crippen LogP contribution in [0.1, 0.15) is 33.3 Å². The van der Waals surface area contributed by atoms with Crippen LogP contribution in [0.3, 0.4) is 0 Å². The van der Waals surface area contributed by atoms with E-state index in [1.165, 1.54) is 0 Å². The first-order valence-electron chi connectivity index (χ1n) is 3.83. The molecule has 1 rings (SSSR count). The van der Waals surface area contributed by atoms with E-state index >= 15 is 0 Å². The van der Waals surface area contributed by atoms with Crippen molar-refractivity contribution in [2.24, 2.45) is 0 Å². The summed E-state index contributed by atoms with van der Waals surface area (Å²) in [5, 5.41) is 0.369. The van der Waals surface area contributed by atoms with Crippen molar-refractivity contribution >= 4 is 23.2 Å². The third-order valence-electron chi connectivity index (χ3n) is 2.69. The minimum Gasteiger partial charge on any atom is -0.288 e. The number of hydrogen-bond donors (Lipinski definition) is 0. The van der Waals surface area contributed by atoms with Crippen LogP contribution in [0.5, 0.6) is 0 Å². The highest BCUT2D eigenvalue weighted by Crippen LogP contribution is 2.43. The molecule has 1 nitrogen and oxygen atoms in total. The Morgan fingerprint density at radius 2 is 1.50 bits per heavy atom. The highest BCUT2D eigenvalue weighted by atomic mass is 35.5. The van der Waals surface area contributed by atoms with Crippen LogP contribution >= 0.6 is 23.2 Å². The second-order valence-electron chi connectivity index (χ2n) is 4.12. The zero-order valence-corrected chi connectivity index (χ0v) is 9.18. The maximum Gasteiger partial charge on any atom is 0.203 e. The Hall–Kier alpha value is -0.0100. The van der Waals surface area contributed by atoms with Gasteiger partial charge in [-0.2, -0.15) is 0 Å². The van der Waals surface area contributed by atoms with E-state index < -0.39 is 4.87 Å². The van der Waals surface area contributed by atoms with Gasteiger partial charge in [0.25, 0.3) is 0 Å². The molecule has 0 saturated heterocycles. The zero-order valence-electron chi connectivity index (χ0n) is 7.66. The second kappa shape index (κ2) is 2.49. The van der Waals surface area contributed by atoms with Crippen molar-refractivity contribution in [2.75, 3.05) is 0 Å². The Kier molecular flexibility index (Phi) is 2.09. The van der Waals surface area contributed by atoms with Gasteiger partial charge < -0.3 is 0 Å². The molecule has 0 aliphatic heterocycles. The Balaban J connectivity index is 3.04. The molecular weight excluding hydrogens is 195 g/mol. The SMILES string of the molecule is CC(C)(Cl)C(C)(C)c1c(Cl)c1=O. The van der Waals surface area contributed by atoms with Gasteiger partial charge in [-0.05, 0) is 13.8 Å². The normalized spacial score (nSPS) is 14.2. The summed E-state index contributed by atoms with van der Waals surface area (Å²) < 4.78 is 0. The van der Waals surface area contributed by atoms with E-state index in [1.54, 1.807) is 0 Å². The quantitative estimate of drug-likeness (QED) is 0.681. The summed E-state index contributed by atoms with van der Waals surface area (Å²) in [6.45, 7) is 7.64. The summed E-state index contributed by atoms with van der Waals surface area (Å²) in [6.07, 6.45) is 0. The number of hydrogen-bond acceptors (Lipinski definition) is 1. The van der Waals surface area contributed by atoms with Crippen LogP contribution in [-0.4, -0.2) is 4.87 Å². The number of rotatable bonds is 2. The summed E-state index contributed by atoms with van der Waals surface area (Å²) >= 11 is 11.8. The Labute approximate surface area is 82.4 Å². The molecule has 0 saturated carbocycles. The van der Waals surface area contributed by atoms with Gasteiger partial charge in [-0.25, -0.2) is 0 Å². The Bertz CT molecular complexity index is 311. The molecule has 0 amide bonds. The summed E-state index contributed by atoms with van der Waals surface area (Å²) in [6, 6.07) is 0. The van der Waals surface area contributed by atoms with E-state index in [2.05, 4.69) is 0 Å². The molecule has 0 heterocycles. The molecular formula is C9H12Cl2O. The standard InChI is InChI=1S/C9H12Cl2O/c1-8(2,9(3,4)11)5-6(10)7(5)12/h1-4H3. The Morgan fingerprint density at radius 1 is 1.17 bits per heavy atom. The molecule has 0 atom stereocenters. The van der Waals surface area contributed by atoms with Crippen molar-refractivity contribution in [3.63, 3.8) is 0 Å². The summed E-state index contributed by atoms with van der Waals surface area (Å²) in [5.41, 5.74) is 0.308. The van der Waals surface area contributed by atoms with Gasteiger partial charge in [-0.3, -0.25) is 4.79 Å². The van der Waals surface area contributed by atoms with E-state index in [0.29, 0.717) is 10.6 Å². The molecule has 1 aromatic rings. The van der Waals surface area contributed by atoms with E-state index in [9.17, 15) is 4.79 Å². The first kappa shape index (κ1) is 10.1. The fourth-order valence-corrected chi connectivity index (χ4v) is 1.47. The maximum absolute atomic E-state index is 11.0. The average molecular weight is 207 g/mol. The molecule has 3 heteroatoms. The lowest BCUT2D eigenvalue weighted by Gasteiger charge is -2.33. The van der Waals surface area contributed by atoms with Gasteiger partial charge in [-0.15, -0.1) is 11.6 Å². The van der Waals surface area contributed by atoms with Gasteiger partial charge in [-0.1, -0.05) is 25.4 Å². The van der Waals surface area contributed by atoms with Gasteiger partial charge in [0.15, 0.2) is 0 Å². The predicted octanol–water partition coefficient (Wildman–Crippen LogP) is 2.87. The van der Waals surface area contributed by atoms with Crippen LogP contribution < -0.4 is 5.43 Å². The second-order valence-corrected chi connectivity index (χ2v) is 5.44. The van der Waals surface area contributed by atoms with Gasteiger partial charge >= 0.3 is 0 Å². The van der Waals surface area contributed by atoms with Crippen molar-refractivity contribution < 1.29 is 0 Å². The lowest BCUT2D eigenvalue weighted by molar-refractivity contribution is 0.410.